The standard InChI is InChI=1S/C20H23N3O4S2/c1-15(16-7-9-17(10-8-16)27-13-4-6-20(25)26)22-23-18(24)11-14-28-29-19-5-2-3-12-21-19/h2-3,5,7-10,12H,4,6,11,13-14H2,1H3,(H,23,24)(H,25,26)/b22-15+. The van der Waals surface area contributed by atoms with E-state index in [1.54, 1.807) is 39.9 Å². The number of rotatable bonds is 12. The fraction of sp³-hybridized carbons (Fsp3) is 0.300. The van der Waals surface area contributed by atoms with Crippen LogP contribution in [0.4, 0.5) is 0 Å². The zero-order valence-electron chi connectivity index (χ0n) is 16.0. The highest BCUT2D eigenvalue weighted by Crippen LogP contribution is 2.29. The van der Waals surface area contributed by atoms with Gasteiger partial charge in [-0.15, -0.1) is 0 Å². The van der Waals surface area contributed by atoms with Crippen molar-refractivity contribution in [3.8, 4) is 5.75 Å². The van der Waals surface area contributed by atoms with Gasteiger partial charge in [0.25, 0.3) is 0 Å². The molecule has 0 bridgehead atoms. The van der Waals surface area contributed by atoms with E-state index in [0.29, 0.717) is 36.7 Å². The number of nitrogens with one attached hydrogen (secondary N) is 1. The van der Waals surface area contributed by atoms with Crippen LogP contribution in [0.3, 0.4) is 0 Å². The second-order valence-electron chi connectivity index (χ2n) is 5.93. The van der Waals surface area contributed by atoms with E-state index in [0.717, 1.165) is 10.6 Å². The predicted octanol–water partition coefficient (Wildman–Crippen LogP) is 4.00. The smallest absolute Gasteiger partial charge is 0.303 e. The van der Waals surface area contributed by atoms with Gasteiger partial charge < -0.3 is 9.84 Å². The van der Waals surface area contributed by atoms with Gasteiger partial charge in [-0.25, -0.2) is 10.4 Å². The van der Waals surface area contributed by atoms with Crippen LogP contribution in [0.5, 0.6) is 5.75 Å². The molecule has 0 aliphatic heterocycles. The molecule has 7 nitrogen and oxygen atoms in total. The summed E-state index contributed by atoms with van der Waals surface area (Å²) in [5.41, 5.74) is 4.12. The Morgan fingerprint density at radius 1 is 1.17 bits per heavy atom. The minimum absolute atomic E-state index is 0.0872. The van der Waals surface area contributed by atoms with Crippen molar-refractivity contribution < 1.29 is 19.4 Å². The predicted molar refractivity (Wildman–Crippen MR) is 116 cm³/mol. The molecule has 154 valence electrons. The SMILES string of the molecule is C/C(=N\NC(=O)CCSSc1ccccn1)c1ccc(OCCCC(=O)O)cc1. The lowest BCUT2D eigenvalue weighted by atomic mass is 10.1. The number of hydrazone groups is 1. The number of hydrogen-bond donors (Lipinski definition) is 2. The maximum atomic E-state index is 11.9. The van der Waals surface area contributed by atoms with Crippen LogP contribution in [0.15, 0.2) is 58.8 Å². The molecule has 1 aromatic carbocycles. The molecule has 0 spiro atoms. The molecule has 9 heteroatoms. The molecule has 1 aromatic heterocycles. The Morgan fingerprint density at radius 3 is 2.66 bits per heavy atom. The zero-order chi connectivity index (χ0) is 20.9. The van der Waals surface area contributed by atoms with Gasteiger partial charge in [-0.3, -0.25) is 9.59 Å². The molecule has 0 unspecified atom stereocenters. The van der Waals surface area contributed by atoms with E-state index in [9.17, 15) is 9.59 Å². The number of pyridine rings is 1. The van der Waals surface area contributed by atoms with Crippen molar-refractivity contribution in [2.45, 2.75) is 31.2 Å². The molecule has 1 amide bonds. The van der Waals surface area contributed by atoms with E-state index in [1.165, 1.54) is 0 Å². The number of carboxylic acids is 1. The van der Waals surface area contributed by atoms with E-state index in [-0.39, 0.29) is 12.3 Å². The van der Waals surface area contributed by atoms with E-state index in [1.807, 2.05) is 37.3 Å². The van der Waals surface area contributed by atoms with Crippen LogP contribution >= 0.6 is 21.6 Å². The van der Waals surface area contributed by atoms with Gasteiger partial charge in [0.1, 0.15) is 10.8 Å². The normalized spacial score (nSPS) is 11.1. The van der Waals surface area contributed by atoms with E-state index in [4.69, 9.17) is 9.84 Å². The quantitative estimate of drug-likeness (QED) is 0.226. The van der Waals surface area contributed by atoms with Gasteiger partial charge in [0, 0.05) is 24.8 Å². The minimum atomic E-state index is -0.830. The third-order valence-corrected chi connectivity index (χ3v) is 5.89. The van der Waals surface area contributed by atoms with Crippen molar-refractivity contribution >= 4 is 39.2 Å². The second kappa shape index (κ2) is 12.8. The fourth-order valence-electron chi connectivity index (χ4n) is 2.11. The Labute approximate surface area is 177 Å². The van der Waals surface area contributed by atoms with Crippen molar-refractivity contribution in [3.05, 3.63) is 54.2 Å². The Bertz CT molecular complexity index is 814. The highest BCUT2D eigenvalue weighted by atomic mass is 33.1. The van der Waals surface area contributed by atoms with Crippen LogP contribution < -0.4 is 10.2 Å². The molecule has 0 atom stereocenters. The molecule has 0 fully saturated rings. The number of nitrogens with zero attached hydrogens (tertiary/aromatic N) is 2. The number of carboxylic acid groups (broad SMARTS) is 1. The van der Waals surface area contributed by atoms with Gasteiger partial charge >= 0.3 is 5.97 Å². The largest absolute Gasteiger partial charge is 0.494 e. The van der Waals surface area contributed by atoms with Gasteiger partial charge in [0.15, 0.2) is 0 Å². The number of hydrogen-bond acceptors (Lipinski definition) is 7. The molecule has 29 heavy (non-hydrogen) atoms. The highest BCUT2D eigenvalue weighted by Gasteiger charge is 2.04. The minimum Gasteiger partial charge on any atom is -0.494 e. The Kier molecular flexibility index (Phi) is 10.1. The summed E-state index contributed by atoms with van der Waals surface area (Å²) in [5, 5.41) is 13.7. The lowest BCUT2D eigenvalue weighted by Crippen LogP contribution is -2.19. The molecule has 0 aliphatic carbocycles. The van der Waals surface area contributed by atoms with Crippen molar-refractivity contribution in [1.82, 2.24) is 10.4 Å². The average Bonchev–Trinajstić information content (AvgIpc) is 2.73. The summed E-state index contributed by atoms with van der Waals surface area (Å²) in [6, 6.07) is 13.0. The fourth-order valence-corrected chi connectivity index (χ4v) is 3.97. The molecule has 1 heterocycles. The molecular formula is C20H23N3O4S2. The lowest BCUT2D eigenvalue weighted by molar-refractivity contribution is -0.137. The first-order valence-electron chi connectivity index (χ1n) is 9.03. The number of carbonyl (C=O) groups excluding carboxylic acids is 1. The molecule has 2 N–H and O–H groups in total. The van der Waals surface area contributed by atoms with Gasteiger partial charge in [-0.1, -0.05) is 16.9 Å². The Morgan fingerprint density at radius 2 is 1.97 bits per heavy atom. The molecule has 0 radical (unpaired) electrons. The van der Waals surface area contributed by atoms with Crippen molar-refractivity contribution in [1.29, 1.82) is 0 Å². The summed E-state index contributed by atoms with van der Waals surface area (Å²) < 4.78 is 5.49. The van der Waals surface area contributed by atoms with Gasteiger partial charge in [-0.2, -0.15) is 5.10 Å². The summed E-state index contributed by atoms with van der Waals surface area (Å²) in [5.74, 6) is 0.355. The molecule has 0 aliphatic rings. The van der Waals surface area contributed by atoms with Crippen molar-refractivity contribution in [3.63, 3.8) is 0 Å². The molecule has 2 aromatic rings. The third-order valence-electron chi connectivity index (χ3n) is 3.62. The summed E-state index contributed by atoms with van der Waals surface area (Å²) in [6.07, 6.45) is 2.65. The maximum absolute atomic E-state index is 11.9. The first-order valence-corrected chi connectivity index (χ1v) is 11.3. The van der Waals surface area contributed by atoms with Crippen molar-refractivity contribution in [2.75, 3.05) is 12.4 Å². The average molecular weight is 434 g/mol. The highest BCUT2D eigenvalue weighted by molar-refractivity contribution is 8.76. The first kappa shape index (κ1) is 22.8. The molecule has 2 rings (SSSR count). The maximum Gasteiger partial charge on any atom is 0.303 e. The number of carbonyl (C=O) groups is 2. The lowest BCUT2D eigenvalue weighted by Gasteiger charge is -2.07. The summed E-state index contributed by atoms with van der Waals surface area (Å²) >= 11 is 0. The van der Waals surface area contributed by atoms with Crippen LogP contribution in [0, 0.1) is 0 Å². The van der Waals surface area contributed by atoms with Crippen LogP contribution in [0.25, 0.3) is 0 Å². The first-order chi connectivity index (χ1) is 14.0. The van der Waals surface area contributed by atoms with Gasteiger partial charge in [0.2, 0.25) is 5.91 Å². The van der Waals surface area contributed by atoms with Crippen LogP contribution in [0.2, 0.25) is 0 Å². The molecule has 0 saturated heterocycles. The van der Waals surface area contributed by atoms with Gasteiger partial charge in [-0.05, 0) is 66.1 Å². The van der Waals surface area contributed by atoms with Crippen LogP contribution in [-0.4, -0.2) is 40.0 Å². The number of ether oxygens (including phenoxy) is 1. The number of amides is 1. The van der Waals surface area contributed by atoms with Crippen LogP contribution in [0.1, 0.15) is 31.7 Å². The number of benzene rings is 1. The van der Waals surface area contributed by atoms with Crippen molar-refractivity contribution in [2.24, 2.45) is 5.10 Å². The summed E-state index contributed by atoms with van der Waals surface area (Å²) in [4.78, 5) is 26.6. The summed E-state index contributed by atoms with van der Waals surface area (Å²) in [6.45, 7) is 2.17. The van der Waals surface area contributed by atoms with Crippen LogP contribution in [-0.2, 0) is 9.59 Å². The van der Waals surface area contributed by atoms with E-state index in [2.05, 4.69) is 15.5 Å². The Hall–Kier alpha value is -2.52. The van der Waals surface area contributed by atoms with E-state index < -0.39 is 5.97 Å². The topological polar surface area (TPSA) is 101 Å². The van der Waals surface area contributed by atoms with E-state index >= 15 is 0 Å². The second-order valence-corrected chi connectivity index (χ2v) is 8.36. The van der Waals surface area contributed by atoms with Gasteiger partial charge in [0.05, 0.1) is 12.3 Å². The monoisotopic (exact) mass is 433 g/mol. The summed E-state index contributed by atoms with van der Waals surface area (Å²) in [7, 11) is 3.12. The number of aliphatic carboxylic acids is 1. The Balaban J connectivity index is 1.68. The molecule has 0 saturated carbocycles. The third kappa shape index (κ3) is 9.49. The molecular weight excluding hydrogens is 410 g/mol. The zero-order valence-corrected chi connectivity index (χ0v) is 17.7. The number of aromatic nitrogens is 1.